The summed E-state index contributed by atoms with van der Waals surface area (Å²) in [5.74, 6) is -0.659. The van der Waals surface area contributed by atoms with E-state index in [9.17, 15) is 14.4 Å². The fourth-order valence-electron chi connectivity index (χ4n) is 3.59. The summed E-state index contributed by atoms with van der Waals surface area (Å²) in [5, 5.41) is 9.19. The molecule has 0 spiro atoms. The fourth-order valence-corrected chi connectivity index (χ4v) is 4.38. The van der Waals surface area contributed by atoms with Crippen molar-refractivity contribution in [2.24, 2.45) is 5.10 Å². The summed E-state index contributed by atoms with van der Waals surface area (Å²) in [5.41, 5.74) is 6.02. The van der Waals surface area contributed by atoms with Gasteiger partial charge in [0.2, 0.25) is 0 Å². The monoisotopic (exact) mass is 658 g/mol. The van der Waals surface area contributed by atoms with Crippen molar-refractivity contribution in [1.82, 2.24) is 5.43 Å². The van der Waals surface area contributed by atoms with Gasteiger partial charge in [-0.2, -0.15) is 5.10 Å². The minimum absolute atomic E-state index is 0.216. The average molecular weight is 658 g/mol. The van der Waals surface area contributed by atoms with E-state index < -0.39 is 11.8 Å². The molecule has 3 rings (SSSR count). The highest BCUT2D eigenvalue weighted by molar-refractivity contribution is 14.1. The van der Waals surface area contributed by atoms with Crippen LogP contribution in [-0.2, 0) is 14.4 Å². The lowest BCUT2D eigenvalue weighted by molar-refractivity contribution is -0.136. The number of hydrogen-bond donors (Lipinski definition) is 3. The molecule has 40 heavy (non-hydrogen) atoms. The van der Waals surface area contributed by atoms with E-state index in [0.717, 1.165) is 17.5 Å². The third-order valence-electron chi connectivity index (χ3n) is 5.28. The Kier molecular flexibility index (Phi) is 11.3. The van der Waals surface area contributed by atoms with Crippen molar-refractivity contribution in [2.75, 3.05) is 31.0 Å². The van der Waals surface area contributed by atoms with Gasteiger partial charge in [0, 0.05) is 11.4 Å². The molecule has 0 unspecified atom stereocenters. The highest BCUT2D eigenvalue weighted by atomic mass is 127. The molecule has 3 aromatic rings. The molecule has 0 radical (unpaired) electrons. The van der Waals surface area contributed by atoms with Crippen LogP contribution in [0.5, 0.6) is 17.2 Å². The van der Waals surface area contributed by atoms with Crippen molar-refractivity contribution < 1.29 is 28.6 Å². The first-order valence-corrected chi connectivity index (χ1v) is 13.5. The number of halogens is 1. The van der Waals surface area contributed by atoms with Crippen molar-refractivity contribution in [3.63, 3.8) is 0 Å². The van der Waals surface area contributed by atoms with E-state index >= 15 is 0 Å². The molecule has 0 atom stereocenters. The third-order valence-corrected chi connectivity index (χ3v) is 6.08. The number of rotatable bonds is 11. The van der Waals surface area contributed by atoms with Gasteiger partial charge in [0.05, 0.1) is 23.5 Å². The van der Waals surface area contributed by atoms with E-state index in [-0.39, 0.29) is 12.5 Å². The first kappa shape index (κ1) is 30.4. The molecule has 210 valence electrons. The van der Waals surface area contributed by atoms with Gasteiger partial charge >= 0.3 is 11.8 Å². The third kappa shape index (κ3) is 9.26. The number of aryl methyl sites for hydroxylation is 2. The molecule has 11 heteroatoms. The van der Waals surface area contributed by atoms with Crippen molar-refractivity contribution in [1.29, 1.82) is 0 Å². The number of hydrazone groups is 1. The van der Waals surface area contributed by atoms with Gasteiger partial charge in [-0.05, 0) is 108 Å². The SMILES string of the molecule is CCCOc1ccc(NC(=O)C(=O)N/N=C\c2cc(I)c(OCC(=O)Nc3cc(C)cc(C)c3)c(OC)c2)cc1. The van der Waals surface area contributed by atoms with E-state index in [1.165, 1.54) is 13.3 Å². The minimum atomic E-state index is -0.931. The molecule has 0 heterocycles. The number of methoxy groups -OCH3 is 1. The molecular weight excluding hydrogens is 627 g/mol. The van der Waals surface area contributed by atoms with Gasteiger partial charge in [-0.3, -0.25) is 14.4 Å². The summed E-state index contributed by atoms with van der Waals surface area (Å²) < 4.78 is 17.3. The van der Waals surface area contributed by atoms with Gasteiger partial charge in [-0.15, -0.1) is 0 Å². The number of nitrogens with one attached hydrogen (secondary N) is 3. The maximum Gasteiger partial charge on any atom is 0.329 e. The van der Waals surface area contributed by atoms with Crippen LogP contribution in [0.2, 0.25) is 0 Å². The Balaban J connectivity index is 1.55. The molecule has 0 aromatic heterocycles. The zero-order valence-electron chi connectivity index (χ0n) is 22.7. The van der Waals surface area contributed by atoms with E-state index in [1.807, 2.05) is 39.0 Å². The van der Waals surface area contributed by atoms with Crippen molar-refractivity contribution in [3.05, 3.63) is 74.9 Å². The molecule has 3 aromatic carbocycles. The van der Waals surface area contributed by atoms with Crippen molar-refractivity contribution in [2.45, 2.75) is 27.2 Å². The highest BCUT2D eigenvalue weighted by Gasteiger charge is 2.15. The second-order valence-corrected chi connectivity index (χ2v) is 9.94. The fraction of sp³-hybridized carbons (Fsp3) is 0.241. The molecule has 10 nitrogen and oxygen atoms in total. The summed E-state index contributed by atoms with van der Waals surface area (Å²) in [6.45, 7) is 6.31. The van der Waals surface area contributed by atoms with Crippen molar-refractivity contribution >= 4 is 57.9 Å². The van der Waals surface area contributed by atoms with Crippen LogP contribution in [-0.4, -0.2) is 44.3 Å². The van der Waals surface area contributed by atoms with Crippen LogP contribution in [0, 0.1) is 17.4 Å². The number of hydrogen-bond acceptors (Lipinski definition) is 7. The average Bonchev–Trinajstić information content (AvgIpc) is 2.91. The predicted molar refractivity (Wildman–Crippen MR) is 162 cm³/mol. The first-order chi connectivity index (χ1) is 19.2. The van der Waals surface area contributed by atoms with Gasteiger partial charge in [0.15, 0.2) is 18.1 Å². The summed E-state index contributed by atoms with van der Waals surface area (Å²) in [7, 11) is 1.48. The van der Waals surface area contributed by atoms with Crippen molar-refractivity contribution in [3.8, 4) is 17.2 Å². The van der Waals surface area contributed by atoms with E-state index in [2.05, 4.69) is 43.8 Å². The quantitative estimate of drug-likeness (QED) is 0.118. The van der Waals surface area contributed by atoms with Crippen LogP contribution < -0.4 is 30.3 Å². The molecular formula is C29H31IN4O6. The Morgan fingerprint density at radius 1 is 0.900 bits per heavy atom. The van der Waals surface area contributed by atoms with E-state index in [0.29, 0.717) is 44.4 Å². The summed E-state index contributed by atoms with van der Waals surface area (Å²) in [4.78, 5) is 36.8. The molecule has 0 aliphatic carbocycles. The number of ether oxygens (including phenoxy) is 3. The summed E-state index contributed by atoms with van der Waals surface area (Å²) in [6.07, 6.45) is 2.25. The lowest BCUT2D eigenvalue weighted by Gasteiger charge is -2.14. The van der Waals surface area contributed by atoms with E-state index in [1.54, 1.807) is 36.4 Å². The largest absolute Gasteiger partial charge is 0.494 e. The molecule has 0 aliphatic rings. The van der Waals surface area contributed by atoms with Crippen LogP contribution >= 0.6 is 22.6 Å². The number of carbonyl (C=O) groups excluding carboxylic acids is 3. The van der Waals surface area contributed by atoms with Gasteiger partial charge < -0.3 is 24.8 Å². The van der Waals surface area contributed by atoms with Crippen LogP contribution in [0.3, 0.4) is 0 Å². The smallest absolute Gasteiger partial charge is 0.329 e. The zero-order valence-corrected chi connectivity index (χ0v) is 24.8. The molecule has 0 saturated carbocycles. The Bertz CT molecular complexity index is 1370. The van der Waals surface area contributed by atoms with Gasteiger partial charge in [-0.25, -0.2) is 5.43 Å². The van der Waals surface area contributed by atoms with E-state index in [4.69, 9.17) is 14.2 Å². The standard InChI is InChI=1S/C29H31IN4O6/c1-5-10-39-23-8-6-21(7-9-23)33-28(36)29(37)34-31-16-20-14-24(30)27(25(15-20)38-4)40-17-26(35)32-22-12-18(2)11-19(3)13-22/h6-9,11-16H,5,10,17H2,1-4H3,(H,32,35)(H,33,36)(H,34,37)/b31-16-. The Labute approximate surface area is 246 Å². The second kappa shape index (κ2) is 14.9. The lowest BCUT2D eigenvalue weighted by atomic mass is 10.1. The molecule has 0 saturated heterocycles. The number of anilines is 2. The summed E-state index contributed by atoms with van der Waals surface area (Å²) >= 11 is 2.05. The molecule has 0 fully saturated rings. The Morgan fingerprint density at radius 2 is 1.60 bits per heavy atom. The molecule has 3 N–H and O–H groups in total. The van der Waals surface area contributed by atoms with Gasteiger partial charge in [0.25, 0.3) is 5.91 Å². The van der Waals surface area contributed by atoms with Gasteiger partial charge in [-0.1, -0.05) is 13.0 Å². The zero-order chi connectivity index (χ0) is 29.1. The van der Waals surface area contributed by atoms with Crippen LogP contribution in [0.25, 0.3) is 0 Å². The molecule has 0 aliphatic heterocycles. The van der Waals surface area contributed by atoms with Gasteiger partial charge in [0.1, 0.15) is 5.75 Å². The maximum atomic E-state index is 12.4. The number of carbonyl (C=O) groups is 3. The number of nitrogens with zero attached hydrogens (tertiary/aromatic N) is 1. The number of amides is 3. The van der Waals surface area contributed by atoms with Crippen LogP contribution in [0.4, 0.5) is 11.4 Å². The molecule has 0 bridgehead atoms. The topological polar surface area (TPSA) is 127 Å². The lowest BCUT2D eigenvalue weighted by Crippen LogP contribution is -2.32. The second-order valence-electron chi connectivity index (χ2n) is 8.77. The Hall–Kier alpha value is -4.13. The maximum absolute atomic E-state index is 12.4. The molecule has 3 amide bonds. The van der Waals surface area contributed by atoms with Crippen LogP contribution in [0.1, 0.15) is 30.0 Å². The van der Waals surface area contributed by atoms with Crippen LogP contribution in [0.15, 0.2) is 59.7 Å². The minimum Gasteiger partial charge on any atom is -0.494 e. The predicted octanol–water partition coefficient (Wildman–Crippen LogP) is 4.81. The summed E-state index contributed by atoms with van der Waals surface area (Å²) in [6, 6.07) is 15.9. The highest BCUT2D eigenvalue weighted by Crippen LogP contribution is 2.33. The Morgan fingerprint density at radius 3 is 2.25 bits per heavy atom. The number of benzene rings is 3. The first-order valence-electron chi connectivity index (χ1n) is 12.4. The normalized spacial score (nSPS) is 10.6.